The van der Waals surface area contributed by atoms with Crippen LogP contribution in [-0.4, -0.2) is 23.3 Å². The quantitative estimate of drug-likeness (QED) is 0.812. The summed E-state index contributed by atoms with van der Waals surface area (Å²) < 4.78 is 13.7. The Morgan fingerprint density at radius 3 is 2.54 bits per heavy atom. The number of amides is 1. The Labute approximate surface area is 147 Å². The number of likely N-dealkylation sites (N-methyl/N-ethyl adjacent to an activating group) is 1. The van der Waals surface area contributed by atoms with E-state index in [0.717, 1.165) is 0 Å². The van der Waals surface area contributed by atoms with E-state index in [4.69, 9.17) is 0 Å². The van der Waals surface area contributed by atoms with Gasteiger partial charge in [-0.2, -0.15) is 0 Å². The zero-order valence-corrected chi connectivity index (χ0v) is 14.5. The minimum Gasteiger partial charge on any atom is -0.375 e. The lowest BCUT2D eigenvalue weighted by Crippen LogP contribution is -2.41. The van der Waals surface area contributed by atoms with Gasteiger partial charge in [-0.3, -0.25) is 9.59 Å². The van der Waals surface area contributed by atoms with Gasteiger partial charge in [0.1, 0.15) is 5.82 Å². The van der Waals surface area contributed by atoms with Crippen molar-refractivity contribution in [3.63, 3.8) is 0 Å². The van der Waals surface area contributed by atoms with Crippen molar-refractivity contribution in [3.05, 3.63) is 63.9 Å². The number of nitrogens with zero attached hydrogens (tertiary/aromatic N) is 1. The SMILES string of the molecule is CCN1C(=O)[C@](O)(CC(=O)c2ccc(F)cc2)c2cc(Br)ccc21. The summed E-state index contributed by atoms with van der Waals surface area (Å²) in [6.07, 6.45) is -0.391. The van der Waals surface area contributed by atoms with Gasteiger partial charge < -0.3 is 10.0 Å². The fourth-order valence-electron chi connectivity index (χ4n) is 2.98. The Kier molecular flexibility index (Phi) is 4.27. The molecule has 124 valence electrons. The molecule has 0 saturated heterocycles. The number of carbonyl (C=O) groups excluding carboxylic acids is 2. The summed E-state index contributed by atoms with van der Waals surface area (Å²) in [5.74, 6) is -1.39. The number of aliphatic hydroxyl groups is 1. The molecule has 1 aliphatic rings. The number of carbonyl (C=O) groups is 2. The van der Waals surface area contributed by atoms with E-state index in [1.54, 1.807) is 25.1 Å². The van der Waals surface area contributed by atoms with Crippen LogP contribution in [0.15, 0.2) is 46.9 Å². The van der Waals surface area contributed by atoms with Crippen molar-refractivity contribution in [3.8, 4) is 0 Å². The van der Waals surface area contributed by atoms with E-state index in [1.807, 2.05) is 0 Å². The topological polar surface area (TPSA) is 57.6 Å². The third-order valence-electron chi connectivity index (χ3n) is 4.19. The van der Waals surface area contributed by atoms with Gasteiger partial charge in [-0.1, -0.05) is 15.9 Å². The molecular formula is C18H15BrFNO3. The number of Topliss-reactive ketones (excluding diaryl/α,β-unsaturated/α-hetero) is 1. The summed E-state index contributed by atoms with van der Waals surface area (Å²) >= 11 is 3.33. The number of hydrogen-bond donors (Lipinski definition) is 1. The third kappa shape index (κ3) is 2.65. The van der Waals surface area contributed by atoms with Crippen molar-refractivity contribution in [1.29, 1.82) is 0 Å². The number of hydrogen-bond acceptors (Lipinski definition) is 3. The van der Waals surface area contributed by atoms with Crippen LogP contribution in [0.1, 0.15) is 29.3 Å². The minimum absolute atomic E-state index is 0.254. The van der Waals surface area contributed by atoms with E-state index < -0.39 is 29.5 Å². The number of rotatable bonds is 4. The van der Waals surface area contributed by atoms with Crippen LogP contribution in [-0.2, 0) is 10.4 Å². The minimum atomic E-state index is -1.92. The summed E-state index contributed by atoms with van der Waals surface area (Å²) in [5.41, 5.74) is -0.663. The fraction of sp³-hybridized carbons (Fsp3) is 0.222. The maximum absolute atomic E-state index is 13.0. The average Bonchev–Trinajstić information content (AvgIpc) is 2.76. The molecular weight excluding hydrogens is 377 g/mol. The maximum Gasteiger partial charge on any atom is 0.264 e. The van der Waals surface area contributed by atoms with Gasteiger partial charge in [0.25, 0.3) is 5.91 Å². The highest BCUT2D eigenvalue weighted by atomic mass is 79.9. The first-order chi connectivity index (χ1) is 11.4. The average molecular weight is 392 g/mol. The first-order valence-electron chi connectivity index (χ1n) is 7.50. The first-order valence-corrected chi connectivity index (χ1v) is 8.29. The second kappa shape index (κ2) is 6.11. The molecule has 0 aliphatic carbocycles. The molecule has 1 N–H and O–H groups in total. The first kappa shape index (κ1) is 16.8. The van der Waals surface area contributed by atoms with Crippen molar-refractivity contribution in [1.82, 2.24) is 0 Å². The Bertz CT molecular complexity index is 822. The van der Waals surface area contributed by atoms with Crippen LogP contribution in [0.3, 0.4) is 0 Å². The van der Waals surface area contributed by atoms with Crippen LogP contribution in [0.25, 0.3) is 0 Å². The number of benzene rings is 2. The van der Waals surface area contributed by atoms with E-state index in [0.29, 0.717) is 22.3 Å². The highest BCUT2D eigenvalue weighted by Gasteiger charge is 2.50. The van der Waals surface area contributed by atoms with Gasteiger partial charge in [0.15, 0.2) is 11.4 Å². The number of fused-ring (bicyclic) bond motifs is 1. The maximum atomic E-state index is 13.0. The molecule has 1 amide bonds. The van der Waals surface area contributed by atoms with Crippen LogP contribution in [0, 0.1) is 5.82 Å². The van der Waals surface area contributed by atoms with Crippen LogP contribution < -0.4 is 4.90 Å². The van der Waals surface area contributed by atoms with Crippen LogP contribution in [0.4, 0.5) is 10.1 Å². The second-order valence-electron chi connectivity index (χ2n) is 5.68. The van der Waals surface area contributed by atoms with Crippen LogP contribution in [0.5, 0.6) is 0 Å². The fourth-order valence-corrected chi connectivity index (χ4v) is 3.34. The van der Waals surface area contributed by atoms with Crippen molar-refractivity contribution < 1.29 is 19.1 Å². The molecule has 6 heteroatoms. The predicted molar refractivity (Wildman–Crippen MR) is 91.4 cm³/mol. The van der Waals surface area contributed by atoms with Gasteiger partial charge in [-0.05, 0) is 49.4 Å². The predicted octanol–water partition coefficient (Wildman–Crippen LogP) is 3.42. The Balaban J connectivity index is 2.00. The van der Waals surface area contributed by atoms with Crippen LogP contribution >= 0.6 is 15.9 Å². The summed E-state index contributed by atoms with van der Waals surface area (Å²) in [6, 6.07) is 10.2. The lowest BCUT2D eigenvalue weighted by molar-refractivity contribution is -0.135. The number of halogens is 2. The highest BCUT2D eigenvalue weighted by molar-refractivity contribution is 9.10. The standard InChI is InChI=1S/C18H15BrFNO3/c1-2-21-15-8-5-12(19)9-14(15)18(24,17(21)23)10-16(22)11-3-6-13(20)7-4-11/h3-9,24H,2,10H2,1H3/t18-/m0/s1. The van der Waals surface area contributed by atoms with Gasteiger partial charge in [0.2, 0.25) is 0 Å². The molecule has 0 aromatic heterocycles. The summed E-state index contributed by atoms with van der Waals surface area (Å²) in [5, 5.41) is 11.0. The molecule has 0 radical (unpaired) electrons. The molecule has 0 unspecified atom stereocenters. The molecule has 1 heterocycles. The summed E-state index contributed by atoms with van der Waals surface area (Å²) in [6.45, 7) is 2.19. The van der Waals surface area contributed by atoms with E-state index in [9.17, 15) is 19.1 Å². The van der Waals surface area contributed by atoms with Crippen molar-refractivity contribution in [2.24, 2.45) is 0 Å². The van der Waals surface area contributed by atoms with Gasteiger partial charge >= 0.3 is 0 Å². The lowest BCUT2D eigenvalue weighted by Gasteiger charge is -2.22. The molecule has 0 fully saturated rings. The summed E-state index contributed by atoms with van der Waals surface area (Å²) in [4.78, 5) is 26.6. The van der Waals surface area contributed by atoms with E-state index in [1.165, 1.54) is 29.2 Å². The van der Waals surface area contributed by atoms with Gasteiger partial charge in [-0.25, -0.2) is 4.39 Å². The molecule has 2 aromatic carbocycles. The zero-order chi connectivity index (χ0) is 17.5. The Morgan fingerprint density at radius 2 is 1.92 bits per heavy atom. The zero-order valence-electron chi connectivity index (χ0n) is 12.9. The number of ketones is 1. The van der Waals surface area contributed by atoms with Gasteiger partial charge in [0, 0.05) is 22.1 Å². The van der Waals surface area contributed by atoms with E-state index >= 15 is 0 Å². The Morgan fingerprint density at radius 1 is 1.25 bits per heavy atom. The second-order valence-corrected chi connectivity index (χ2v) is 6.59. The van der Waals surface area contributed by atoms with E-state index in [-0.39, 0.29) is 5.56 Å². The molecule has 3 rings (SSSR count). The number of anilines is 1. The third-order valence-corrected chi connectivity index (χ3v) is 4.69. The summed E-state index contributed by atoms with van der Waals surface area (Å²) in [7, 11) is 0. The van der Waals surface area contributed by atoms with Gasteiger partial charge in [0.05, 0.1) is 12.1 Å². The molecule has 1 aliphatic heterocycles. The lowest BCUT2D eigenvalue weighted by atomic mass is 9.88. The monoisotopic (exact) mass is 391 g/mol. The smallest absolute Gasteiger partial charge is 0.264 e. The molecule has 0 spiro atoms. The molecule has 4 nitrogen and oxygen atoms in total. The highest BCUT2D eigenvalue weighted by Crippen LogP contribution is 2.43. The molecule has 24 heavy (non-hydrogen) atoms. The van der Waals surface area contributed by atoms with Gasteiger partial charge in [-0.15, -0.1) is 0 Å². The van der Waals surface area contributed by atoms with Crippen molar-refractivity contribution in [2.45, 2.75) is 18.9 Å². The largest absolute Gasteiger partial charge is 0.375 e. The van der Waals surface area contributed by atoms with Crippen LogP contribution in [0.2, 0.25) is 0 Å². The van der Waals surface area contributed by atoms with E-state index in [2.05, 4.69) is 15.9 Å². The molecule has 1 atom stereocenters. The molecule has 2 aromatic rings. The van der Waals surface area contributed by atoms with Crippen molar-refractivity contribution >= 4 is 33.3 Å². The Hall–Kier alpha value is -2.05. The normalized spacial score (nSPS) is 19.5. The van der Waals surface area contributed by atoms with Crippen molar-refractivity contribution in [2.75, 3.05) is 11.4 Å². The molecule has 0 bridgehead atoms. The molecule has 0 saturated carbocycles.